The van der Waals surface area contributed by atoms with Crippen molar-refractivity contribution in [3.05, 3.63) is 0 Å². The number of sulfonamides is 1. The fraction of sp³-hybridized carbons (Fsp3) is 0.917. The third-order valence-electron chi connectivity index (χ3n) is 8.97. The lowest BCUT2D eigenvalue weighted by atomic mass is 9.68. The van der Waals surface area contributed by atoms with E-state index in [2.05, 4.69) is 4.72 Å². The molecule has 1 heterocycles. The van der Waals surface area contributed by atoms with Gasteiger partial charge in [-0.2, -0.15) is 14.0 Å². The van der Waals surface area contributed by atoms with Crippen molar-refractivity contribution in [1.29, 1.82) is 5.26 Å². The Balaban J connectivity index is 1.59. The van der Waals surface area contributed by atoms with Crippen LogP contribution in [0.5, 0.6) is 0 Å². The molecule has 4 rings (SSSR count). The van der Waals surface area contributed by atoms with E-state index < -0.39 is 51.3 Å². The van der Waals surface area contributed by atoms with E-state index in [9.17, 15) is 27.3 Å². The van der Waals surface area contributed by atoms with Gasteiger partial charge in [0.15, 0.2) is 0 Å². The SMILES string of the molecule is CC(C#N)C(=O)N1CC2(CC2)[C@H](NS(=O)(=O)C(F)F)[C@@H]1CC1CCCC(C2CCCCC2)C1F. The molecule has 0 aromatic rings. The van der Waals surface area contributed by atoms with Crippen molar-refractivity contribution < 1.29 is 26.4 Å². The van der Waals surface area contributed by atoms with E-state index in [0.29, 0.717) is 25.2 Å². The lowest BCUT2D eigenvalue weighted by Crippen LogP contribution is -2.52. The fourth-order valence-corrected chi connectivity index (χ4v) is 7.78. The summed E-state index contributed by atoms with van der Waals surface area (Å²) in [7, 11) is -4.88. The van der Waals surface area contributed by atoms with Crippen molar-refractivity contribution >= 4 is 15.9 Å². The summed E-state index contributed by atoms with van der Waals surface area (Å²) in [6, 6.07) is 0.315. The summed E-state index contributed by atoms with van der Waals surface area (Å²) in [6.45, 7) is 1.70. The van der Waals surface area contributed by atoms with Gasteiger partial charge in [-0.25, -0.2) is 17.5 Å². The van der Waals surface area contributed by atoms with Crippen molar-refractivity contribution in [2.75, 3.05) is 6.54 Å². The van der Waals surface area contributed by atoms with Gasteiger partial charge in [-0.3, -0.25) is 4.79 Å². The number of halogens is 3. The van der Waals surface area contributed by atoms with Crippen LogP contribution in [-0.2, 0) is 14.8 Å². The molecule has 3 saturated carbocycles. The summed E-state index contributed by atoms with van der Waals surface area (Å²) in [5.41, 5.74) is -0.610. The van der Waals surface area contributed by atoms with Gasteiger partial charge in [0.2, 0.25) is 5.91 Å². The topological polar surface area (TPSA) is 90.3 Å². The maximum atomic E-state index is 15.9. The van der Waals surface area contributed by atoms with Crippen LogP contribution in [-0.4, -0.2) is 49.8 Å². The number of carbonyl (C=O) groups is 1. The highest BCUT2D eigenvalue weighted by Gasteiger charge is 2.62. The number of nitrogens with zero attached hydrogens (tertiary/aromatic N) is 2. The first-order valence-corrected chi connectivity index (χ1v) is 14.3. The van der Waals surface area contributed by atoms with Crippen LogP contribution in [0.1, 0.15) is 77.6 Å². The molecule has 0 radical (unpaired) electrons. The summed E-state index contributed by atoms with van der Waals surface area (Å²) in [5.74, 6) is -4.99. The van der Waals surface area contributed by atoms with Gasteiger partial charge >= 0.3 is 5.76 Å². The van der Waals surface area contributed by atoms with Crippen LogP contribution in [0.3, 0.4) is 0 Å². The predicted molar refractivity (Wildman–Crippen MR) is 121 cm³/mol. The molecule has 10 heteroatoms. The lowest BCUT2D eigenvalue weighted by Gasteiger charge is -2.41. The second kappa shape index (κ2) is 9.96. The number of carbonyl (C=O) groups excluding carboxylic acids is 1. The zero-order valence-electron chi connectivity index (χ0n) is 19.8. The smallest absolute Gasteiger partial charge is 0.336 e. The summed E-state index contributed by atoms with van der Waals surface area (Å²) >= 11 is 0. The molecular formula is C24H36F3N3O3S. The molecule has 0 aromatic heterocycles. The Labute approximate surface area is 200 Å². The van der Waals surface area contributed by atoms with E-state index in [1.165, 1.54) is 18.2 Å². The molecule has 34 heavy (non-hydrogen) atoms. The third-order valence-corrected chi connectivity index (χ3v) is 10.0. The minimum atomic E-state index is -4.88. The van der Waals surface area contributed by atoms with Gasteiger partial charge in [-0.1, -0.05) is 38.5 Å². The number of likely N-dealkylation sites (tertiary alicyclic amines) is 1. The number of alkyl halides is 3. The number of hydrogen-bond acceptors (Lipinski definition) is 4. The van der Waals surface area contributed by atoms with Crippen molar-refractivity contribution in [2.45, 2.75) is 102 Å². The highest BCUT2D eigenvalue weighted by Crippen LogP contribution is 2.57. The molecule has 6 nitrogen and oxygen atoms in total. The second-order valence-electron chi connectivity index (χ2n) is 11.1. The van der Waals surface area contributed by atoms with Gasteiger partial charge in [0, 0.05) is 24.0 Å². The van der Waals surface area contributed by atoms with Crippen molar-refractivity contribution in [3.8, 4) is 6.07 Å². The maximum absolute atomic E-state index is 15.9. The number of nitrogens with one attached hydrogen (secondary N) is 1. The quantitative estimate of drug-likeness (QED) is 0.559. The number of amides is 1. The zero-order chi connectivity index (χ0) is 24.7. The highest BCUT2D eigenvalue weighted by molar-refractivity contribution is 7.89. The molecule has 1 amide bonds. The molecule has 0 aromatic carbocycles. The van der Waals surface area contributed by atoms with E-state index >= 15 is 4.39 Å². The molecule has 1 N–H and O–H groups in total. The third kappa shape index (κ3) is 4.97. The number of hydrogen-bond donors (Lipinski definition) is 1. The Kier molecular flexibility index (Phi) is 7.54. The average Bonchev–Trinajstić information content (AvgIpc) is 3.55. The van der Waals surface area contributed by atoms with Gasteiger partial charge in [0.1, 0.15) is 12.1 Å². The first-order chi connectivity index (χ1) is 16.1. The van der Waals surface area contributed by atoms with Crippen molar-refractivity contribution in [3.63, 3.8) is 0 Å². The second-order valence-corrected chi connectivity index (χ2v) is 12.8. The van der Waals surface area contributed by atoms with Gasteiger partial charge in [0.25, 0.3) is 10.0 Å². The Bertz CT molecular complexity index is 899. The first-order valence-electron chi connectivity index (χ1n) is 12.7. The molecule has 4 fully saturated rings. The Morgan fingerprint density at radius 2 is 1.82 bits per heavy atom. The standard InChI is InChI=1S/C24H36F3N3O3S/c1-15(13-28)22(31)30-14-24(10-11-24)21(29-34(32,33)23(26)27)19(30)12-17-8-5-9-18(20(17)25)16-6-3-2-4-7-16/h15-21,23,29H,2-12,14H2,1H3/t15?,17?,18?,19-,20?,21+/m0/s1. The van der Waals surface area contributed by atoms with Crippen molar-refractivity contribution in [2.24, 2.45) is 29.1 Å². The molecule has 1 saturated heterocycles. The maximum Gasteiger partial charge on any atom is 0.350 e. The van der Waals surface area contributed by atoms with Crippen LogP contribution in [0.25, 0.3) is 0 Å². The monoisotopic (exact) mass is 503 g/mol. The molecule has 4 aliphatic rings. The summed E-state index contributed by atoms with van der Waals surface area (Å²) < 4.78 is 68.9. The molecule has 1 spiro atoms. The predicted octanol–water partition coefficient (Wildman–Crippen LogP) is 4.37. The normalized spacial score (nSPS) is 34.8. The summed E-state index contributed by atoms with van der Waals surface area (Å²) in [6.07, 6.45) is 8.25. The van der Waals surface area contributed by atoms with Crippen LogP contribution < -0.4 is 4.72 Å². The summed E-state index contributed by atoms with van der Waals surface area (Å²) in [5, 5.41) is 9.30. The number of nitriles is 1. The average molecular weight is 504 g/mol. The fourth-order valence-electron chi connectivity index (χ4n) is 6.91. The number of rotatable bonds is 7. The zero-order valence-corrected chi connectivity index (χ0v) is 20.6. The minimum Gasteiger partial charge on any atom is -0.336 e. The highest BCUT2D eigenvalue weighted by atomic mass is 32.2. The van der Waals surface area contributed by atoms with Crippen LogP contribution in [0.2, 0.25) is 0 Å². The van der Waals surface area contributed by atoms with Gasteiger partial charge in [-0.15, -0.1) is 0 Å². The molecule has 1 aliphatic heterocycles. The van der Waals surface area contributed by atoms with Crippen LogP contribution in [0, 0.1) is 40.4 Å². The van der Waals surface area contributed by atoms with Crippen LogP contribution in [0.15, 0.2) is 0 Å². The van der Waals surface area contributed by atoms with Crippen molar-refractivity contribution in [1.82, 2.24) is 9.62 Å². The Morgan fingerprint density at radius 3 is 2.41 bits per heavy atom. The van der Waals surface area contributed by atoms with E-state index in [-0.39, 0.29) is 24.8 Å². The molecule has 4 unspecified atom stereocenters. The van der Waals surface area contributed by atoms with Crippen LogP contribution >= 0.6 is 0 Å². The molecular weight excluding hydrogens is 467 g/mol. The van der Waals surface area contributed by atoms with E-state index in [1.807, 2.05) is 6.07 Å². The van der Waals surface area contributed by atoms with E-state index in [1.54, 1.807) is 0 Å². The minimum absolute atomic E-state index is 0.0336. The van der Waals surface area contributed by atoms with E-state index in [0.717, 1.165) is 38.5 Å². The first kappa shape index (κ1) is 25.7. The lowest BCUT2D eigenvalue weighted by molar-refractivity contribution is -0.135. The Hall–Kier alpha value is -1.34. The van der Waals surface area contributed by atoms with Gasteiger partial charge < -0.3 is 4.90 Å². The molecule has 192 valence electrons. The molecule has 6 atom stereocenters. The Morgan fingerprint density at radius 1 is 1.15 bits per heavy atom. The molecule has 3 aliphatic carbocycles. The summed E-state index contributed by atoms with van der Waals surface area (Å²) in [4.78, 5) is 14.6. The van der Waals surface area contributed by atoms with Crippen LogP contribution in [0.4, 0.5) is 13.2 Å². The largest absolute Gasteiger partial charge is 0.350 e. The van der Waals surface area contributed by atoms with Gasteiger partial charge in [0.05, 0.1) is 6.07 Å². The van der Waals surface area contributed by atoms with Gasteiger partial charge in [-0.05, 0) is 56.8 Å². The molecule has 0 bridgehead atoms. The van der Waals surface area contributed by atoms with E-state index in [4.69, 9.17) is 0 Å².